The van der Waals surface area contributed by atoms with E-state index in [2.05, 4.69) is 5.32 Å². The van der Waals surface area contributed by atoms with Gasteiger partial charge in [0, 0.05) is 0 Å². The number of hydrogen-bond donors (Lipinski definition) is 1. The Bertz CT molecular complexity index is 1040. The molecule has 5 nitrogen and oxygen atoms in total. The highest BCUT2D eigenvalue weighted by Crippen LogP contribution is 2.32. The summed E-state index contributed by atoms with van der Waals surface area (Å²) in [6.45, 7) is -0.810. The van der Waals surface area contributed by atoms with E-state index in [0.29, 0.717) is 5.75 Å². The van der Waals surface area contributed by atoms with Crippen molar-refractivity contribution in [1.29, 1.82) is 0 Å². The number of benzene rings is 3. The molecule has 8 heteroatoms. The normalized spacial score (nSPS) is 10.5. The van der Waals surface area contributed by atoms with Crippen LogP contribution in [0.1, 0.15) is 0 Å². The largest absolute Gasteiger partial charge is 0.482 e. The molecule has 28 heavy (non-hydrogen) atoms. The summed E-state index contributed by atoms with van der Waals surface area (Å²) in [5, 5.41) is 5.27. The Morgan fingerprint density at radius 1 is 0.821 bits per heavy atom. The van der Waals surface area contributed by atoms with Gasteiger partial charge < -0.3 is 14.8 Å². The van der Waals surface area contributed by atoms with Gasteiger partial charge in [0.05, 0.1) is 20.8 Å². The van der Waals surface area contributed by atoms with Gasteiger partial charge in [-0.2, -0.15) is 0 Å². The Hall–Kier alpha value is -2.47. The van der Waals surface area contributed by atoms with Crippen molar-refractivity contribution in [2.24, 2.45) is 0 Å². The summed E-state index contributed by atoms with van der Waals surface area (Å²) in [5.74, 6) is -0.717. The molecule has 1 N–H and O–H groups in total. The van der Waals surface area contributed by atoms with E-state index in [1.54, 1.807) is 6.07 Å². The summed E-state index contributed by atoms with van der Waals surface area (Å²) in [4.78, 5) is 23.7. The zero-order valence-corrected chi connectivity index (χ0v) is 16.6. The second-order valence-electron chi connectivity index (χ2n) is 5.75. The highest BCUT2D eigenvalue weighted by atomic mass is 35.5. The van der Waals surface area contributed by atoms with Crippen molar-refractivity contribution in [3.63, 3.8) is 0 Å². The lowest BCUT2D eigenvalue weighted by Gasteiger charge is -2.10. The van der Waals surface area contributed by atoms with Crippen molar-refractivity contribution < 1.29 is 19.1 Å². The average molecular weight is 439 g/mol. The van der Waals surface area contributed by atoms with Gasteiger partial charge in [0.2, 0.25) is 0 Å². The van der Waals surface area contributed by atoms with Crippen LogP contribution in [0, 0.1) is 0 Å². The Kier molecular flexibility index (Phi) is 6.62. The molecule has 0 radical (unpaired) electrons. The molecule has 0 unspecified atom stereocenters. The molecule has 1 amide bonds. The van der Waals surface area contributed by atoms with E-state index in [9.17, 15) is 9.59 Å². The minimum absolute atomic E-state index is 0.216. The van der Waals surface area contributed by atoms with Crippen molar-refractivity contribution in [3.05, 3.63) is 69.7 Å². The number of amides is 1. The molecule has 3 aromatic carbocycles. The van der Waals surface area contributed by atoms with Gasteiger partial charge in [0.25, 0.3) is 5.91 Å². The lowest BCUT2D eigenvalue weighted by molar-refractivity contribution is -0.149. The molecule has 0 saturated heterocycles. The summed E-state index contributed by atoms with van der Waals surface area (Å²) in [6, 6.07) is 16.1. The van der Waals surface area contributed by atoms with Gasteiger partial charge in [-0.1, -0.05) is 65.1 Å². The van der Waals surface area contributed by atoms with Crippen LogP contribution in [0.5, 0.6) is 5.75 Å². The predicted molar refractivity (Wildman–Crippen MR) is 111 cm³/mol. The van der Waals surface area contributed by atoms with Crippen LogP contribution in [0.3, 0.4) is 0 Å². The van der Waals surface area contributed by atoms with Crippen LogP contribution < -0.4 is 10.1 Å². The Morgan fingerprint density at radius 2 is 1.54 bits per heavy atom. The van der Waals surface area contributed by atoms with Gasteiger partial charge in [-0.25, -0.2) is 4.79 Å². The lowest BCUT2D eigenvalue weighted by atomic mass is 10.1. The van der Waals surface area contributed by atoms with Crippen molar-refractivity contribution in [2.75, 3.05) is 18.5 Å². The number of nitrogens with one attached hydrogen (secondary N) is 1. The first kappa shape index (κ1) is 20.3. The van der Waals surface area contributed by atoms with Crippen molar-refractivity contribution in [2.45, 2.75) is 0 Å². The molecule has 0 spiro atoms. The molecule has 0 saturated carbocycles. The third kappa shape index (κ3) is 5.29. The summed E-state index contributed by atoms with van der Waals surface area (Å²) in [6.07, 6.45) is 0. The first-order valence-electron chi connectivity index (χ1n) is 8.14. The summed E-state index contributed by atoms with van der Waals surface area (Å²) in [5.41, 5.74) is 0.268. The molecule has 0 bridgehead atoms. The average Bonchev–Trinajstić information content (AvgIpc) is 2.68. The first-order chi connectivity index (χ1) is 13.4. The Morgan fingerprint density at radius 3 is 2.32 bits per heavy atom. The van der Waals surface area contributed by atoms with Crippen LogP contribution in [-0.2, 0) is 14.3 Å². The quantitative estimate of drug-likeness (QED) is 0.415. The van der Waals surface area contributed by atoms with Crippen molar-refractivity contribution >= 4 is 63.1 Å². The SMILES string of the molecule is O=C(COC(=O)COc1ccc2ccccc2c1)Nc1cc(Cl)c(Cl)cc1Cl. The number of ether oxygens (including phenoxy) is 2. The zero-order chi connectivity index (χ0) is 20.1. The molecule has 0 aliphatic heterocycles. The molecule has 3 rings (SSSR count). The standard InChI is InChI=1S/C20H14Cl3NO4/c21-15-8-17(23)18(9-16(15)22)24-19(25)10-28-20(26)11-27-14-6-5-12-3-1-2-4-13(12)7-14/h1-9H,10-11H2,(H,24,25). The minimum Gasteiger partial charge on any atom is -0.482 e. The highest BCUT2D eigenvalue weighted by Gasteiger charge is 2.12. The molecule has 0 heterocycles. The third-order valence-corrected chi connectivity index (χ3v) is 4.76. The van der Waals surface area contributed by atoms with Gasteiger partial charge in [-0.15, -0.1) is 0 Å². The third-order valence-electron chi connectivity index (χ3n) is 3.73. The number of carbonyl (C=O) groups is 2. The maximum Gasteiger partial charge on any atom is 0.344 e. The smallest absolute Gasteiger partial charge is 0.344 e. The molecule has 0 aromatic heterocycles. The second-order valence-corrected chi connectivity index (χ2v) is 6.97. The van der Waals surface area contributed by atoms with Crippen LogP contribution >= 0.6 is 34.8 Å². The van der Waals surface area contributed by atoms with E-state index in [4.69, 9.17) is 44.3 Å². The number of carbonyl (C=O) groups excluding carboxylic acids is 2. The van der Waals surface area contributed by atoms with Gasteiger partial charge in [0.15, 0.2) is 13.2 Å². The van der Waals surface area contributed by atoms with Crippen LogP contribution in [0.2, 0.25) is 15.1 Å². The van der Waals surface area contributed by atoms with E-state index in [-0.39, 0.29) is 27.4 Å². The van der Waals surface area contributed by atoms with E-state index in [1.807, 2.05) is 36.4 Å². The molecule has 0 aliphatic rings. The highest BCUT2D eigenvalue weighted by molar-refractivity contribution is 6.44. The van der Waals surface area contributed by atoms with E-state index in [1.165, 1.54) is 12.1 Å². The fraction of sp³-hybridized carbons (Fsp3) is 0.100. The van der Waals surface area contributed by atoms with Crippen LogP contribution in [0.25, 0.3) is 10.8 Å². The fourth-order valence-corrected chi connectivity index (χ4v) is 2.99. The van der Waals surface area contributed by atoms with Gasteiger partial charge in [-0.05, 0) is 35.0 Å². The zero-order valence-electron chi connectivity index (χ0n) is 14.4. The Balaban J connectivity index is 1.48. The topological polar surface area (TPSA) is 64.6 Å². The minimum atomic E-state index is -0.677. The molecule has 0 fully saturated rings. The Labute approximate surface area is 176 Å². The molecule has 3 aromatic rings. The number of hydrogen-bond acceptors (Lipinski definition) is 4. The van der Waals surface area contributed by atoms with Crippen molar-refractivity contribution in [3.8, 4) is 5.75 Å². The molecule has 0 aliphatic carbocycles. The molecule has 144 valence electrons. The predicted octanol–water partition coefficient (Wildman–Crippen LogP) is 5.36. The number of fused-ring (bicyclic) bond motifs is 1. The van der Waals surface area contributed by atoms with Gasteiger partial charge in [0.1, 0.15) is 5.75 Å². The lowest BCUT2D eigenvalue weighted by Crippen LogP contribution is -2.23. The summed E-state index contributed by atoms with van der Waals surface area (Å²) >= 11 is 17.7. The fourth-order valence-electron chi connectivity index (χ4n) is 2.39. The number of rotatable bonds is 6. The molecule has 0 atom stereocenters. The first-order valence-corrected chi connectivity index (χ1v) is 9.27. The van der Waals surface area contributed by atoms with E-state index >= 15 is 0 Å². The number of anilines is 1. The van der Waals surface area contributed by atoms with Crippen LogP contribution in [0.4, 0.5) is 5.69 Å². The van der Waals surface area contributed by atoms with Gasteiger partial charge >= 0.3 is 5.97 Å². The maximum absolute atomic E-state index is 11.9. The van der Waals surface area contributed by atoms with Crippen LogP contribution in [-0.4, -0.2) is 25.1 Å². The van der Waals surface area contributed by atoms with E-state index in [0.717, 1.165) is 10.8 Å². The monoisotopic (exact) mass is 437 g/mol. The summed E-state index contributed by atoms with van der Waals surface area (Å²) in [7, 11) is 0. The maximum atomic E-state index is 11.9. The van der Waals surface area contributed by atoms with Crippen LogP contribution in [0.15, 0.2) is 54.6 Å². The summed E-state index contributed by atoms with van der Waals surface area (Å²) < 4.78 is 10.3. The van der Waals surface area contributed by atoms with Gasteiger partial charge in [-0.3, -0.25) is 4.79 Å². The van der Waals surface area contributed by atoms with E-state index < -0.39 is 18.5 Å². The van der Waals surface area contributed by atoms with Crippen molar-refractivity contribution in [1.82, 2.24) is 0 Å². The number of halogens is 3. The number of esters is 1. The second kappa shape index (κ2) is 9.15. The molecular formula is C20H14Cl3NO4. The molecular weight excluding hydrogens is 425 g/mol.